The third-order valence-electron chi connectivity index (χ3n) is 6.07. The number of amides is 2. The van der Waals surface area contributed by atoms with Crippen LogP contribution in [-0.4, -0.2) is 86.8 Å². The number of carbonyl (C=O) groups excluding carboxylic acids is 2. The fraction of sp³-hybridized carbons (Fsp3) is 0.700. The Morgan fingerprint density at radius 1 is 1.00 bits per heavy atom. The minimum atomic E-state index is -3.44. The van der Waals surface area contributed by atoms with Gasteiger partial charge in [0.1, 0.15) is 4.21 Å². The number of morpholine rings is 1. The minimum absolute atomic E-state index is 0.0403. The van der Waals surface area contributed by atoms with E-state index < -0.39 is 10.0 Å². The fourth-order valence-electron chi connectivity index (χ4n) is 4.36. The van der Waals surface area contributed by atoms with E-state index in [0.29, 0.717) is 56.7 Å². The van der Waals surface area contributed by atoms with Crippen LogP contribution < -0.4 is 0 Å². The maximum atomic E-state index is 12.9. The summed E-state index contributed by atoms with van der Waals surface area (Å²) in [6, 6.07) is 3.35. The molecule has 0 N–H and O–H groups in total. The average Bonchev–Trinajstić information content (AvgIpc) is 3.47. The van der Waals surface area contributed by atoms with Gasteiger partial charge in [0.25, 0.3) is 10.0 Å². The topological polar surface area (TPSA) is 87.2 Å². The summed E-state index contributed by atoms with van der Waals surface area (Å²) in [7, 11) is -3.44. The smallest absolute Gasteiger partial charge is 0.252 e. The van der Waals surface area contributed by atoms with Crippen molar-refractivity contribution in [3.63, 3.8) is 0 Å². The lowest BCUT2D eigenvalue weighted by atomic mass is 9.96. The molecule has 1 aromatic heterocycles. The van der Waals surface area contributed by atoms with E-state index in [1.807, 2.05) is 4.90 Å². The molecule has 3 fully saturated rings. The summed E-state index contributed by atoms with van der Waals surface area (Å²) in [6.45, 7) is 4.61. The second-order valence-electron chi connectivity index (χ2n) is 8.13. The molecule has 2 amide bonds. The number of piperidine rings is 1. The predicted octanol–water partition coefficient (Wildman–Crippen LogP) is 1.17. The van der Waals surface area contributed by atoms with Crippen LogP contribution in [0.15, 0.2) is 16.3 Å². The van der Waals surface area contributed by atoms with Gasteiger partial charge in [-0.3, -0.25) is 9.59 Å². The standard InChI is InChI=1S/C20H29N3O5S2/c24-18(14-17-5-6-19(29-17)30(26,27)23-8-1-2-9-23)22-7-3-4-16(15-22)20(25)21-10-12-28-13-11-21/h5-6,16H,1-4,7-15H2. The largest absolute Gasteiger partial charge is 0.378 e. The molecule has 3 aliphatic heterocycles. The number of rotatable bonds is 5. The zero-order chi connectivity index (χ0) is 21.1. The van der Waals surface area contributed by atoms with Crippen molar-refractivity contribution in [3.05, 3.63) is 17.0 Å². The van der Waals surface area contributed by atoms with Gasteiger partial charge in [0, 0.05) is 44.1 Å². The molecule has 0 aromatic carbocycles. The lowest BCUT2D eigenvalue weighted by molar-refractivity contribution is -0.143. The third-order valence-corrected chi connectivity index (χ3v) is 9.52. The maximum absolute atomic E-state index is 12.9. The Morgan fingerprint density at radius 3 is 2.47 bits per heavy atom. The number of sulfonamides is 1. The Hall–Kier alpha value is -1.49. The monoisotopic (exact) mass is 455 g/mol. The lowest BCUT2D eigenvalue weighted by Gasteiger charge is -2.36. The zero-order valence-electron chi connectivity index (χ0n) is 17.1. The van der Waals surface area contributed by atoms with Gasteiger partial charge in [0.05, 0.1) is 25.6 Å². The highest BCUT2D eigenvalue weighted by Crippen LogP contribution is 2.28. The highest BCUT2D eigenvalue weighted by Gasteiger charge is 2.32. The van der Waals surface area contributed by atoms with Crippen molar-refractivity contribution in [3.8, 4) is 0 Å². The predicted molar refractivity (Wildman–Crippen MR) is 113 cm³/mol. The molecule has 0 bridgehead atoms. The number of nitrogens with zero attached hydrogens (tertiary/aromatic N) is 3. The Balaban J connectivity index is 1.35. The molecule has 0 spiro atoms. The first-order valence-electron chi connectivity index (χ1n) is 10.7. The van der Waals surface area contributed by atoms with Crippen molar-refractivity contribution in [2.45, 2.75) is 36.3 Å². The van der Waals surface area contributed by atoms with Crippen LogP contribution in [0.3, 0.4) is 0 Å². The SMILES string of the molecule is O=C(Cc1ccc(S(=O)(=O)N2CCCC2)s1)N1CCCC(C(=O)N2CCOCC2)C1. The number of hydrogen-bond acceptors (Lipinski definition) is 6. The van der Waals surface area contributed by atoms with Gasteiger partial charge in [-0.25, -0.2) is 8.42 Å². The van der Waals surface area contributed by atoms with Crippen molar-refractivity contribution in [1.29, 1.82) is 0 Å². The highest BCUT2D eigenvalue weighted by molar-refractivity contribution is 7.91. The van der Waals surface area contributed by atoms with E-state index >= 15 is 0 Å². The zero-order valence-corrected chi connectivity index (χ0v) is 18.8. The molecule has 4 heterocycles. The van der Waals surface area contributed by atoms with E-state index in [1.165, 1.54) is 15.6 Å². The van der Waals surface area contributed by atoms with E-state index in [2.05, 4.69) is 0 Å². The van der Waals surface area contributed by atoms with Crippen LogP contribution in [-0.2, 0) is 30.8 Å². The molecule has 3 saturated heterocycles. The van der Waals surface area contributed by atoms with Gasteiger partial charge in [0.2, 0.25) is 11.8 Å². The quantitative estimate of drug-likeness (QED) is 0.665. The average molecular weight is 456 g/mol. The molecule has 10 heteroatoms. The number of hydrogen-bond donors (Lipinski definition) is 0. The number of carbonyl (C=O) groups is 2. The van der Waals surface area contributed by atoms with E-state index in [9.17, 15) is 18.0 Å². The second-order valence-corrected chi connectivity index (χ2v) is 11.5. The van der Waals surface area contributed by atoms with Gasteiger partial charge < -0.3 is 14.5 Å². The number of thiophene rings is 1. The molecule has 0 aliphatic carbocycles. The summed E-state index contributed by atoms with van der Waals surface area (Å²) in [6.07, 6.45) is 3.59. The highest BCUT2D eigenvalue weighted by atomic mass is 32.2. The maximum Gasteiger partial charge on any atom is 0.252 e. The van der Waals surface area contributed by atoms with Crippen LogP contribution in [0.5, 0.6) is 0 Å². The first-order chi connectivity index (χ1) is 14.4. The van der Waals surface area contributed by atoms with E-state index in [4.69, 9.17) is 4.74 Å². The van der Waals surface area contributed by atoms with Gasteiger partial charge >= 0.3 is 0 Å². The second kappa shape index (κ2) is 9.33. The Morgan fingerprint density at radius 2 is 1.73 bits per heavy atom. The van der Waals surface area contributed by atoms with Crippen molar-refractivity contribution in [1.82, 2.24) is 14.1 Å². The summed E-state index contributed by atoms with van der Waals surface area (Å²) in [5, 5.41) is 0. The normalized spacial score (nSPS) is 23.7. The van der Waals surface area contributed by atoms with Crippen molar-refractivity contribution >= 4 is 33.2 Å². The molecular formula is C20H29N3O5S2. The molecule has 166 valence electrons. The van der Waals surface area contributed by atoms with Crippen molar-refractivity contribution < 1.29 is 22.7 Å². The molecule has 8 nitrogen and oxygen atoms in total. The Kier molecular flexibility index (Phi) is 6.76. The lowest BCUT2D eigenvalue weighted by Crippen LogP contribution is -2.49. The van der Waals surface area contributed by atoms with Crippen LogP contribution in [0.4, 0.5) is 0 Å². The Labute approximate surface area is 181 Å². The molecule has 1 atom stereocenters. The van der Waals surface area contributed by atoms with Gasteiger partial charge in [0.15, 0.2) is 0 Å². The number of ether oxygens (including phenoxy) is 1. The van der Waals surface area contributed by atoms with Crippen LogP contribution >= 0.6 is 11.3 Å². The molecule has 0 radical (unpaired) electrons. The number of likely N-dealkylation sites (tertiary alicyclic amines) is 1. The molecule has 1 aromatic rings. The fourth-order valence-corrected chi connectivity index (χ4v) is 7.37. The molecule has 3 aliphatic rings. The molecule has 4 rings (SSSR count). The van der Waals surface area contributed by atoms with Crippen molar-refractivity contribution in [2.24, 2.45) is 5.92 Å². The van der Waals surface area contributed by atoms with Crippen LogP contribution in [0, 0.1) is 5.92 Å². The summed E-state index contributed by atoms with van der Waals surface area (Å²) in [5.41, 5.74) is 0. The molecular weight excluding hydrogens is 426 g/mol. The first kappa shape index (κ1) is 21.7. The minimum Gasteiger partial charge on any atom is -0.378 e. The van der Waals surface area contributed by atoms with Gasteiger partial charge in [-0.2, -0.15) is 4.31 Å². The van der Waals surface area contributed by atoms with Crippen molar-refractivity contribution in [2.75, 3.05) is 52.5 Å². The van der Waals surface area contributed by atoms with Crippen LogP contribution in [0.2, 0.25) is 0 Å². The van der Waals surface area contributed by atoms with Crippen LogP contribution in [0.1, 0.15) is 30.6 Å². The summed E-state index contributed by atoms with van der Waals surface area (Å²) in [4.78, 5) is 30.0. The first-order valence-corrected chi connectivity index (χ1v) is 12.9. The van der Waals surface area contributed by atoms with Gasteiger partial charge in [-0.15, -0.1) is 11.3 Å². The molecule has 1 unspecified atom stereocenters. The van der Waals surface area contributed by atoms with E-state index in [1.54, 1.807) is 17.0 Å². The Bertz CT molecular complexity index is 873. The summed E-state index contributed by atoms with van der Waals surface area (Å²) < 4.78 is 32.5. The molecule has 0 saturated carbocycles. The summed E-state index contributed by atoms with van der Waals surface area (Å²) >= 11 is 1.18. The molecule has 30 heavy (non-hydrogen) atoms. The van der Waals surface area contributed by atoms with Gasteiger partial charge in [-0.1, -0.05) is 0 Å². The van der Waals surface area contributed by atoms with E-state index in [-0.39, 0.29) is 24.2 Å². The summed E-state index contributed by atoms with van der Waals surface area (Å²) in [5.74, 6) is -0.0809. The van der Waals surface area contributed by atoms with E-state index in [0.717, 1.165) is 30.6 Å². The third kappa shape index (κ3) is 4.71. The van der Waals surface area contributed by atoms with Crippen LogP contribution in [0.25, 0.3) is 0 Å². The van der Waals surface area contributed by atoms with Gasteiger partial charge in [-0.05, 0) is 37.8 Å².